The van der Waals surface area contributed by atoms with Gasteiger partial charge in [0.25, 0.3) is 5.91 Å². The smallest absolute Gasteiger partial charge is 0.258 e. The van der Waals surface area contributed by atoms with E-state index in [4.69, 9.17) is 16.3 Å². The molecule has 0 saturated heterocycles. The molecule has 0 aliphatic carbocycles. The third kappa shape index (κ3) is 7.03. The summed E-state index contributed by atoms with van der Waals surface area (Å²) < 4.78 is 5.28. The Morgan fingerprint density at radius 1 is 1.37 bits per heavy atom. The molecule has 1 atom stereocenters. The maximum absolute atomic E-state index is 11.5. The zero-order valence-electron chi connectivity index (χ0n) is 11.2. The number of nitrogens with one attached hydrogen (secondary N) is 1. The molecular weight excluding hydrogens is 266 g/mol. The van der Waals surface area contributed by atoms with Crippen LogP contribution in [0.4, 0.5) is 0 Å². The molecule has 4 nitrogen and oxygen atoms in total. The van der Waals surface area contributed by atoms with E-state index in [2.05, 4.69) is 5.32 Å². The van der Waals surface area contributed by atoms with Crippen molar-refractivity contribution < 1.29 is 14.6 Å². The van der Waals surface area contributed by atoms with Crippen molar-refractivity contribution in [3.8, 4) is 5.75 Å². The average Bonchev–Trinajstić information content (AvgIpc) is 2.35. The van der Waals surface area contributed by atoms with Crippen LogP contribution in [0, 0.1) is 5.92 Å². The Balaban J connectivity index is 2.22. The standard InChI is InChI=1S/C14H20ClNO3/c1-10(2)7-12(17)8-16-14(18)9-19-13-5-3-11(15)4-6-13/h3-6,10,12,17H,7-9H2,1-2H3,(H,16,18). The summed E-state index contributed by atoms with van der Waals surface area (Å²) in [6.07, 6.45) is 0.151. The van der Waals surface area contributed by atoms with Crippen LogP contribution in [0.3, 0.4) is 0 Å². The second kappa shape index (κ2) is 8.02. The Labute approximate surface area is 118 Å². The molecule has 19 heavy (non-hydrogen) atoms. The molecule has 0 aromatic heterocycles. The Kier molecular flexibility index (Phi) is 6.67. The number of amides is 1. The lowest BCUT2D eigenvalue weighted by molar-refractivity contribution is -0.123. The maximum atomic E-state index is 11.5. The number of carbonyl (C=O) groups excluding carboxylic acids is 1. The zero-order valence-corrected chi connectivity index (χ0v) is 12.0. The van der Waals surface area contributed by atoms with E-state index in [9.17, 15) is 9.90 Å². The average molecular weight is 286 g/mol. The van der Waals surface area contributed by atoms with Crippen LogP contribution in [-0.4, -0.2) is 30.3 Å². The van der Waals surface area contributed by atoms with Crippen LogP contribution in [0.2, 0.25) is 5.02 Å². The Morgan fingerprint density at radius 2 is 2.00 bits per heavy atom. The molecule has 0 bridgehead atoms. The van der Waals surface area contributed by atoms with Crippen molar-refractivity contribution in [2.75, 3.05) is 13.2 Å². The molecule has 1 amide bonds. The summed E-state index contributed by atoms with van der Waals surface area (Å²) in [5.74, 6) is 0.734. The van der Waals surface area contributed by atoms with E-state index in [1.165, 1.54) is 0 Å². The first-order valence-electron chi connectivity index (χ1n) is 6.30. The first-order valence-corrected chi connectivity index (χ1v) is 6.68. The number of hydrogen-bond acceptors (Lipinski definition) is 3. The van der Waals surface area contributed by atoms with Crippen molar-refractivity contribution in [1.29, 1.82) is 0 Å². The van der Waals surface area contributed by atoms with Gasteiger partial charge < -0.3 is 15.2 Å². The van der Waals surface area contributed by atoms with Crippen molar-refractivity contribution in [3.63, 3.8) is 0 Å². The van der Waals surface area contributed by atoms with Gasteiger partial charge in [0, 0.05) is 11.6 Å². The fourth-order valence-corrected chi connectivity index (χ4v) is 1.72. The second-order valence-corrected chi connectivity index (χ2v) is 5.27. The van der Waals surface area contributed by atoms with Gasteiger partial charge in [-0.05, 0) is 36.6 Å². The molecule has 5 heteroatoms. The van der Waals surface area contributed by atoms with Crippen molar-refractivity contribution in [3.05, 3.63) is 29.3 Å². The van der Waals surface area contributed by atoms with Gasteiger partial charge in [0.05, 0.1) is 6.10 Å². The lowest BCUT2D eigenvalue weighted by Gasteiger charge is -2.14. The number of ether oxygens (including phenoxy) is 1. The fraction of sp³-hybridized carbons (Fsp3) is 0.500. The van der Waals surface area contributed by atoms with Gasteiger partial charge in [-0.2, -0.15) is 0 Å². The predicted octanol–water partition coefficient (Wildman–Crippen LogP) is 2.24. The van der Waals surface area contributed by atoms with Gasteiger partial charge in [0.15, 0.2) is 6.61 Å². The SMILES string of the molecule is CC(C)CC(O)CNC(=O)COc1ccc(Cl)cc1. The summed E-state index contributed by atoms with van der Waals surface area (Å²) >= 11 is 5.74. The van der Waals surface area contributed by atoms with E-state index in [1.54, 1.807) is 24.3 Å². The van der Waals surface area contributed by atoms with E-state index in [0.717, 1.165) is 0 Å². The highest BCUT2D eigenvalue weighted by Gasteiger charge is 2.09. The minimum atomic E-state index is -0.514. The Morgan fingerprint density at radius 3 is 2.58 bits per heavy atom. The third-order valence-corrected chi connectivity index (χ3v) is 2.71. The number of hydrogen-bond donors (Lipinski definition) is 2. The van der Waals surface area contributed by atoms with Gasteiger partial charge in [0.1, 0.15) is 5.75 Å². The monoisotopic (exact) mass is 285 g/mol. The zero-order chi connectivity index (χ0) is 14.3. The maximum Gasteiger partial charge on any atom is 0.258 e. The number of aliphatic hydroxyl groups is 1. The number of rotatable bonds is 7. The minimum absolute atomic E-state index is 0.0734. The van der Waals surface area contributed by atoms with Gasteiger partial charge in [-0.3, -0.25) is 4.79 Å². The summed E-state index contributed by atoms with van der Waals surface area (Å²) in [5, 5.41) is 12.9. The van der Waals surface area contributed by atoms with Gasteiger partial charge in [-0.1, -0.05) is 25.4 Å². The van der Waals surface area contributed by atoms with E-state index in [0.29, 0.717) is 23.1 Å². The molecule has 1 unspecified atom stereocenters. The van der Waals surface area contributed by atoms with Crippen LogP contribution < -0.4 is 10.1 Å². The van der Waals surface area contributed by atoms with E-state index >= 15 is 0 Å². The number of carbonyl (C=O) groups is 1. The summed E-state index contributed by atoms with van der Waals surface area (Å²) in [7, 11) is 0. The van der Waals surface area contributed by atoms with Crippen LogP contribution in [-0.2, 0) is 4.79 Å². The Hall–Kier alpha value is -1.26. The van der Waals surface area contributed by atoms with Gasteiger partial charge in [-0.25, -0.2) is 0 Å². The van der Waals surface area contributed by atoms with Crippen LogP contribution >= 0.6 is 11.6 Å². The molecule has 0 heterocycles. The molecule has 1 aromatic rings. The normalized spacial score (nSPS) is 12.3. The molecule has 0 aliphatic heterocycles. The molecule has 1 rings (SSSR count). The van der Waals surface area contributed by atoms with Gasteiger partial charge >= 0.3 is 0 Å². The topological polar surface area (TPSA) is 58.6 Å². The molecule has 0 fully saturated rings. The Bertz CT molecular complexity index is 392. The molecule has 2 N–H and O–H groups in total. The fourth-order valence-electron chi connectivity index (χ4n) is 1.59. The lowest BCUT2D eigenvalue weighted by atomic mass is 10.1. The van der Waals surface area contributed by atoms with Gasteiger partial charge in [0.2, 0.25) is 0 Å². The van der Waals surface area contributed by atoms with Crippen molar-refractivity contribution in [1.82, 2.24) is 5.32 Å². The summed E-state index contributed by atoms with van der Waals surface area (Å²) in [4.78, 5) is 11.5. The van der Waals surface area contributed by atoms with Crippen LogP contribution in [0.5, 0.6) is 5.75 Å². The summed E-state index contributed by atoms with van der Waals surface area (Å²) in [5.41, 5.74) is 0. The predicted molar refractivity (Wildman–Crippen MR) is 75.4 cm³/mol. The molecule has 0 spiro atoms. The molecule has 1 aromatic carbocycles. The van der Waals surface area contributed by atoms with Crippen molar-refractivity contribution in [2.24, 2.45) is 5.92 Å². The quantitative estimate of drug-likeness (QED) is 0.808. The highest BCUT2D eigenvalue weighted by Crippen LogP contribution is 2.15. The summed E-state index contributed by atoms with van der Waals surface area (Å²) in [6.45, 7) is 4.22. The second-order valence-electron chi connectivity index (χ2n) is 4.83. The molecule has 106 valence electrons. The highest BCUT2D eigenvalue weighted by molar-refractivity contribution is 6.30. The number of halogens is 1. The molecular formula is C14H20ClNO3. The van der Waals surface area contributed by atoms with E-state index in [-0.39, 0.29) is 19.1 Å². The van der Waals surface area contributed by atoms with Crippen LogP contribution in [0.25, 0.3) is 0 Å². The van der Waals surface area contributed by atoms with Crippen LogP contribution in [0.15, 0.2) is 24.3 Å². The first-order chi connectivity index (χ1) is 8.97. The summed E-state index contributed by atoms with van der Waals surface area (Å²) in [6, 6.07) is 6.79. The lowest BCUT2D eigenvalue weighted by Crippen LogP contribution is -2.35. The van der Waals surface area contributed by atoms with Crippen molar-refractivity contribution in [2.45, 2.75) is 26.4 Å². The molecule has 0 saturated carbocycles. The number of benzene rings is 1. The van der Waals surface area contributed by atoms with Crippen molar-refractivity contribution >= 4 is 17.5 Å². The first kappa shape index (κ1) is 15.8. The molecule has 0 aliphatic rings. The number of aliphatic hydroxyl groups excluding tert-OH is 1. The molecule has 0 radical (unpaired) electrons. The van der Waals surface area contributed by atoms with E-state index < -0.39 is 6.10 Å². The third-order valence-electron chi connectivity index (χ3n) is 2.46. The largest absolute Gasteiger partial charge is 0.484 e. The van der Waals surface area contributed by atoms with Gasteiger partial charge in [-0.15, -0.1) is 0 Å². The van der Waals surface area contributed by atoms with E-state index in [1.807, 2.05) is 13.8 Å². The van der Waals surface area contributed by atoms with Crippen LogP contribution in [0.1, 0.15) is 20.3 Å². The highest BCUT2D eigenvalue weighted by atomic mass is 35.5. The minimum Gasteiger partial charge on any atom is -0.484 e.